The lowest BCUT2D eigenvalue weighted by atomic mass is 10.1. The van der Waals surface area contributed by atoms with Gasteiger partial charge in [-0.1, -0.05) is 53.5 Å². The summed E-state index contributed by atoms with van der Waals surface area (Å²) in [5.74, 6) is 0. The van der Waals surface area contributed by atoms with Gasteiger partial charge >= 0.3 is 0 Å². The average molecular weight is 453 g/mol. The Kier molecular flexibility index (Phi) is 5.65. The number of anilines is 1. The van der Waals surface area contributed by atoms with Crippen LogP contribution >= 0.6 is 34.5 Å². The van der Waals surface area contributed by atoms with Gasteiger partial charge in [0.15, 0.2) is 15.0 Å². The molecule has 8 heteroatoms. The number of nitrogens with zero attached hydrogens (tertiary/aromatic N) is 2. The van der Waals surface area contributed by atoms with Crippen molar-refractivity contribution in [2.45, 2.75) is 23.0 Å². The second-order valence-corrected chi connectivity index (χ2v) is 10.6. The predicted octanol–water partition coefficient (Wildman–Crippen LogP) is 5.56. The van der Waals surface area contributed by atoms with Gasteiger partial charge in [0.1, 0.15) is 0 Å². The van der Waals surface area contributed by atoms with E-state index in [1.807, 2.05) is 35.7 Å². The Bertz CT molecular complexity index is 1080. The van der Waals surface area contributed by atoms with Gasteiger partial charge in [0.05, 0.1) is 20.9 Å². The van der Waals surface area contributed by atoms with E-state index in [0.717, 1.165) is 16.4 Å². The van der Waals surface area contributed by atoms with Crippen molar-refractivity contribution in [1.29, 1.82) is 0 Å². The van der Waals surface area contributed by atoms with E-state index in [0.29, 0.717) is 31.0 Å². The van der Waals surface area contributed by atoms with Crippen LogP contribution in [0, 0.1) is 0 Å². The molecule has 1 saturated heterocycles. The van der Waals surface area contributed by atoms with Crippen molar-refractivity contribution < 1.29 is 8.42 Å². The molecule has 0 atom stereocenters. The van der Waals surface area contributed by atoms with Gasteiger partial charge in [-0.2, -0.15) is 0 Å². The van der Waals surface area contributed by atoms with Gasteiger partial charge in [0.25, 0.3) is 0 Å². The van der Waals surface area contributed by atoms with E-state index in [1.165, 1.54) is 12.1 Å². The second-order valence-electron chi connectivity index (χ2n) is 6.69. The third kappa shape index (κ3) is 3.92. The van der Waals surface area contributed by atoms with Crippen molar-refractivity contribution in [2.75, 3.05) is 18.0 Å². The third-order valence-corrected chi connectivity index (χ3v) is 8.79. The van der Waals surface area contributed by atoms with E-state index in [1.54, 1.807) is 17.4 Å². The minimum absolute atomic E-state index is 0.164. The minimum atomic E-state index is -3.49. The SMILES string of the molecule is O=S(=O)(c1ccc(Cl)cc1Cl)C1CCN(c2nc(-c3ccccc3)cs2)CC1. The van der Waals surface area contributed by atoms with Gasteiger partial charge in [-0.05, 0) is 31.0 Å². The highest BCUT2D eigenvalue weighted by molar-refractivity contribution is 7.92. The first kappa shape index (κ1) is 19.7. The van der Waals surface area contributed by atoms with Crippen LogP contribution in [0.2, 0.25) is 10.0 Å². The largest absolute Gasteiger partial charge is 0.348 e. The monoisotopic (exact) mass is 452 g/mol. The Morgan fingerprint density at radius 1 is 1.04 bits per heavy atom. The highest BCUT2D eigenvalue weighted by Crippen LogP contribution is 2.34. The molecule has 2 heterocycles. The molecule has 146 valence electrons. The Morgan fingerprint density at radius 2 is 1.75 bits per heavy atom. The minimum Gasteiger partial charge on any atom is -0.348 e. The highest BCUT2D eigenvalue weighted by atomic mass is 35.5. The number of hydrogen-bond acceptors (Lipinski definition) is 5. The zero-order valence-corrected chi connectivity index (χ0v) is 18.0. The van der Waals surface area contributed by atoms with E-state index in [9.17, 15) is 8.42 Å². The van der Waals surface area contributed by atoms with Crippen molar-refractivity contribution in [3.05, 3.63) is 64.0 Å². The van der Waals surface area contributed by atoms with Gasteiger partial charge in [-0.25, -0.2) is 13.4 Å². The molecule has 1 aromatic heterocycles. The number of hydrogen-bond donors (Lipinski definition) is 0. The van der Waals surface area contributed by atoms with Gasteiger partial charge in [-0.3, -0.25) is 0 Å². The molecule has 0 bridgehead atoms. The summed E-state index contributed by atoms with van der Waals surface area (Å²) in [5.41, 5.74) is 2.03. The fourth-order valence-electron chi connectivity index (χ4n) is 3.39. The Labute approximate surface area is 178 Å². The van der Waals surface area contributed by atoms with E-state index in [-0.39, 0.29) is 9.92 Å². The lowest BCUT2D eigenvalue weighted by Gasteiger charge is -2.31. The van der Waals surface area contributed by atoms with Crippen molar-refractivity contribution in [3.63, 3.8) is 0 Å². The number of piperidine rings is 1. The van der Waals surface area contributed by atoms with E-state index >= 15 is 0 Å². The fraction of sp³-hybridized carbons (Fsp3) is 0.250. The molecule has 28 heavy (non-hydrogen) atoms. The standard InChI is InChI=1S/C20H18Cl2N2O2S2/c21-15-6-7-19(17(22)12-15)28(25,26)16-8-10-24(11-9-16)20-23-18(13-27-20)14-4-2-1-3-5-14/h1-7,12-13,16H,8-11H2. The zero-order valence-electron chi connectivity index (χ0n) is 14.9. The first-order chi connectivity index (χ1) is 13.4. The van der Waals surface area contributed by atoms with Crippen LogP contribution in [-0.4, -0.2) is 31.7 Å². The maximum Gasteiger partial charge on any atom is 0.185 e. The summed E-state index contributed by atoms with van der Waals surface area (Å²) >= 11 is 13.6. The van der Waals surface area contributed by atoms with Crippen LogP contribution in [0.15, 0.2) is 58.8 Å². The van der Waals surface area contributed by atoms with Crippen LogP contribution in [0.5, 0.6) is 0 Å². The molecule has 4 rings (SSSR count). The highest BCUT2D eigenvalue weighted by Gasteiger charge is 2.33. The molecular formula is C20H18Cl2N2O2S2. The topological polar surface area (TPSA) is 50.3 Å². The molecular weight excluding hydrogens is 435 g/mol. The van der Waals surface area contributed by atoms with Crippen LogP contribution < -0.4 is 4.90 Å². The van der Waals surface area contributed by atoms with Gasteiger partial charge in [0.2, 0.25) is 0 Å². The number of aromatic nitrogens is 1. The average Bonchev–Trinajstić information content (AvgIpc) is 3.19. The number of thiazole rings is 1. The Morgan fingerprint density at radius 3 is 2.43 bits per heavy atom. The van der Waals surface area contributed by atoms with Gasteiger partial charge in [-0.15, -0.1) is 11.3 Å². The van der Waals surface area contributed by atoms with Crippen LogP contribution in [0.3, 0.4) is 0 Å². The molecule has 1 fully saturated rings. The summed E-state index contributed by atoms with van der Waals surface area (Å²) < 4.78 is 26.0. The maximum atomic E-state index is 13.0. The molecule has 4 nitrogen and oxygen atoms in total. The van der Waals surface area contributed by atoms with Crippen LogP contribution in [0.25, 0.3) is 11.3 Å². The van der Waals surface area contributed by atoms with E-state index in [4.69, 9.17) is 28.2 Å². The molecule has 1 aliphatic heterocycles. The fourth-order valence-corrected chi connectivity index (χ4v) is 6.79. The molecule has 0 unspecified atom stereocenters. The zero-order chi connectivity index (χ0) is 19.7. The van der Waals surface area contributed by atoms with Crippen molar-refractivity contribution in [3.8, 4) is 11.3 Å². The molecule has 1 aliphatic rings. The Balaban J connectivity index is 1.47. The summed E-state index contributed by atoms with van der Waals surface area (Å²) in [4.78, 5) is 7.06. The first-order valence-electron chi connectivity index (χ1n) is 8.90. The van der Waals surface area contributed by atoms with Crippen molar-refractivity contribution in [1.82, 2.24) is 4.98 Å². The predicted molar refractivity (Wildman–Crippen MR) is 116 cm³/mol. The smallest absolute Gasteiger partial charge is 0.185 e. The molecule has 0 saturated carbocycles. The van der Waals surface area contributed by atoms with E-state index < -0.39 is 15.1 Å². The molecule has 2 aromatic carbocycles. The molecule has 0 N–H and O–H groups in total. The molecule has 3 aromatic rings. The number of sulfone groups is 1. The van der Waals surface area contributed by atoms with Crippen LogP contribution in [-0.2, 0) is 9.84 Å². The van der Waals surface area contributed by atoms with E-state index in [2.05, 4.69) is 4.90 Å². The molecule has 0 radical (unpaired) electrons. The summed E-state index contributed by atoms with van der Waals surface area (Å²) in [6, 6.07) is 14.6. The van der Waals surface area contributed by atoms with Gasteiger partial charge < -0.3 is 4.90 Å². The maximum absolute atomic E-state index is 13.0. The normalized spacial score (nSPS) is 15.7. The Hall–Kier alpha value is -1.60. The van der Waals surface area contributed by atoms with Gasteiger partial charge in [0, 0.05) is 29.1 Å². The summed E-state index contributed by atoms with van der Waals surface area (Å²) in [6.45, 7) is 1.30. The summed E-state index contributed by atoms with van der Waals surface area (Å²) in [6.07, 6.45) is 1.09. The summed E-state index contributed by atoms with van der Waals surface area (Å²) in [5, 5.41) is 3.13. The number of benzene rings is 2. The third-order valence-electron chi connectivity index (χ3n) is 4.91. The van der Waals surface area contributed by atoms with Crippen molar-refractivity contribution in [2.24, 2.45) is 0 Å². The molecule has 0 spiro atoms. The number of halogens is 2. The molecule has 0 amide bonds. The number of rotatable bonds is 4. The second kappa shape index (κ2) is 8.03. The van der Waals surface area contributed by atoms with Crippen molar-refractivity contribution >= 4 is 49.5 Å². The quantitative estimate of drug-likeness (QED) is 0.519. The summed E-state index contributed by atoms with van der Waals surface area (Å²) in [7, 11) is -3.49. The lowest BCUT2D eigenvalue weighted by molar-refractivity contribution is 0.529. The lowest BCUT2D eigenvalue weighted by Crippen LogP contribution is -2.39. The van der Waals surface area contributed by atoms with Crippen LogP contribution in [0.4, 0.5) is 5.13 Å². The van der Waals surface area contributed by atoms with Crippen LogP contribution in [0.1, 0.15) is 12.8 Å². The first-order valence-corrected chi connectivity index (χ1v) is 12.1. The molecule has 0 aliphatic carbocycles.